The van der Waals surface area contributed by atoms with Gasteiger partial charge in [-0.25, -0.2) is 0 Å². The van der Waals surface area contributed by atoms with E-state index in [4.69, 9.17) is 17.3 Å². The van der Waals surface area contributed by atoms with Crippen molar-refractivity contribution in [2.45, 2.75) is 43.8 Å². The van der Waals surface area contributed by atoms with E-state index in [2.05, 4.69) is 5.32 Å². The zero-order chi connectivity index (χ0) is 14.8. The predicted molar refractivity (Wildman–Crippen MR) is 74.9 cm³/mol. The van der Waals surface area contributed by atoms with Gasteiger partial charge >= 0.3 is 6.18 Å². The highest BCUT2D eigenvalue weighted by Crippen LogP contribution is 2.36. The van der Waals surface area contributed by atoms with Crippen LogP contribution in [0.2, 0.25) is 5.02 Å². The first-order valence-electron chi connectivity index (χ1n) is 6.71. The van der Waals surface area contributed by atoms with Crippen molar-refractivity contribution in [3.05, 3.63) is 28.8 Å². The van der Waals surface area contributed by atoms with Crippen LogP contribution in [0.25, 0.3) is 0 Å². The Kier molecular flexibility index (Phi) is 4.49. The van der Waals surface area contributed by atoms with Gasteiger partial charge in [0.15, 0.2) is 0 Å². The van der Waals surface area contributed by atoms with Crippen molar-refractivity contribution in [3.63, 3.8) is 0 Å². The highest BCUT2D eigenvalue weighted by molar-refractivity contribution is 6.30. The summed E-state index contributed by atoms with van der Waals surface area (Å²) < 4.78 is 38.4. The van der Waals surface area contributed by atoms with Crippen molar-refractivity contribution in [1.82, 2.24) is 0 Å². The zero-order valence-corrected chi connectivity index (χ0v) is 11.8. The molecule has 0 radical (unpaired) electrons. The topological polar surface area (TPSA) is 38.0 Å². The smallest absolute Gasteiger partial charge is 0.378 e. The molecule has 0 spiro atoms. The number of rotatable bonds is 3. The maximum absolute atomic E-state index is 12.8. The standard InChI is InChI=1S/C14H18ClF3N2/c15-11-6-10(14(16,17)18)7-12(8-11)20-13(9-19)4-2-1-3-5-13/h6-8,20H,1-5,9,19H2. The third-order valence-electron chi connectivity index (χ3n) is 3.84. The van der Waals surface area contributed by atoms with Gasteiger partial charge in [-0.15, -0.1) is 0 Å². The Morgan fingerprint density at radius 2 is 1.80 bits per heavy atom. The van der Waals surface area contributed by atoms with E-state index in [9.17, 15) is 13.2 Å². The maximum Gasteiger partial charge on any atom is 0.416 e. The fraction of sp³-hybridized carbons (Fsp3) is 0.571. The Labute approximate surface area is 121 Å². The lowest BCUT2D eigenvalue weighted by Gasteiger charge is -2.38. The van der Waals surface area contributed by atoms with Crippen molar-refractivity contribution >= 4 is 17.3 Å². The molecule has 2 nitrogen and oxygen atoms in total. The van der Waals surface area contributed by atoms with E-state index in [0.29, 0.717) is 12.2 Å². The van der Waals surface area contributed by atoms with Gasteiger partial charge in [0.1, 0.15) is 0 Å². The van der Waals surface area contributed by atoms with E-state index >= 15 is 0 Å². The molecule has 0 heterocycles. The molecule has 6 heteroatoms. The molecule has 1 aliphatic carbocycles. The minimum Gasteiger partial charge on any atom is -0.378 e. The van der Waals surface area contributed by atoms with Crippen molar-refractivity contribution in [3.8, 4) is 0 Å². The third kappa shape index (κ3) is 3.58. The summed E-state index contributed by atoms with van der Waals surface area (Å²) in [5.74, 6) is 0. The molecule has 0 amide bonds. The molecule has 0 aromatic heterocycles. The molecule has 20 heavy (non-hydrogen) atoms. The van der Waals surface area contributed by atoms with Crippen LogP contribution in [0.3, 0.4) is 0 Å². The predicted octanol–water partition coefficient (Wildman–Crippen LogP) is 4.43. The summed E-state index contributed by atoms with van der Waals surface area (Å²) in [5, 5.41) is 3.26. The Balaban J connectivity index is 2.26. The Bertz CT molecular complexity index is 468. The summed E-state index contributed by atoms with van der Waals surface area (Å²) in [4.78, 5) is 0. The third-order valence-corrected chi connectivity index (χ3v) is 4.05. The molecule has 0 atom stereocenters. The second-order valence-electron chi connectivity index (χ2n) is 5.40. The van der Waals surface area contributed by atoms with Crippen molar-refractivity contribution in [1.29, 1.82) is 0 Å². The number of nitrogens with two attached hydrogens (primary N) is 1. The van der Waals surface area contributed by atoms with Crippen LogP contribution in [0.4, 0.5) is 18.9 Å². The van der Waals surface area contributed by atoms with Crippen LogP contribution in [-0.4, -0.2) is 12.1 Å². The average molecular weight is 307 g/mol. The van der Waals surface area contributed by atoms with E-state index in [0.717, 1.165) is 44.2 Å². The summed E-state index contributed by atoms with van der Waals surface area (Å²) in [6.07, 6.45) is 0.569. The lowest BCUT2D eigenvalue weighted by Crippen LogP contribution is -2.47. The second kappa shape index (κ2) is 5.82. The number of anilines is 1. The molecule has 0 saturated heterocycles. The van der Waals surface area contributed by atoms with E-state index in [1.54, 1.807) is 0 Å². The van der Waals surface area contributed by atoms with Gasteiger partial charge in [-0.05, 0) is 31.0 Å². The number of hydrogen-bond donors (Lipinski definition) is 2. The Hall–Kier alpha value is -0.940. The zero-order valence-electron chi connectivity index (χ0n) is 11.1. The minimum absolute atomic E-state index is 0.0744. The summed E-state index contributed by atoms with van der Waals surface area (Å²) in [7, 11) is 0. The first-order valence-corrected chi connectivity index (χ1v) is 7.08. The first kappa shape index (κ1) is 15.4. The van der Waals surface area contributed by atoms with Crippen LogP contribution in [0.1, 0.15) is 37.7 Å². The number of halogens is 4. The summed E-state index contributed by atoms with van der Waals surface area (Å²) in [5.41, 5.74) is 5.16. The molecule has 3 N–H and O–H groups in total. The maximum atomic E-state index is 12.8. The fourth-order valence-electron chi connectivity index (χ4n) is 2.74. The normalized spacial score (nSPS) is 18.9. The van der Waals surface area contributed by atoms with Gasteiger partial charge in [-0.1, -0.05) is 30.9 Å². The molecule has 2 rings (SSSR count). The summed E-state index contributed by atoms with van der Waals surface area (Å²) in [6.45, 7) is 0.404. The molecule has 0 unspecified atom stereocenters. The Morgan fingerprint density at radius 1 is 1.15 bits per heavy atom. The Morgan fingerprint density at radius 3 is 2.35 bits per heavy atom. The van der Waals surface area contributed by atoms with Crippen LogP contribution in [0.15, 0.2) is 18.2 Å². The van der Waals surface area contributed by atoms with Crippen molar-refractivity contribution in [2.75, 3.05) is 11.9 Å². The molecule has 1 fully saturated rings. The van der Waals surface area contributed by atoms with E-state index in [1.165, 1.54) is 6.07 Å². The van der Waals surface area contributed by atoms with Crippen LogP contribution >= 0.6 is 11.6 Å². The molecule has 0 aliphatic heterocycles. The van der Waals surface area contributed by atoms with Crippen LogP contribution < -0.4 is 11.1 Å². The largest absolute Gasteiger partial charge is 0.416 e. The van der Waals surface area contributed by atoms with Gasteiger partial charge in [0.05, 0.1) is 5.56 Å². The van der Waals surface area contributed by atoms with E-state index in [1.807, 2.05) is 0 Å². The van der Waals surface area contributed by atoms with Crippen LogP contribution in [-0.2, 0) is 6.18 Å². The highest BCUT2D eigenvalue weighted by atomic mass is 35.5. The van der Waals surface area contributed by atoms with Gasteiger partial charge in [0, 0.05) is 22.8 Å². The van der Waals surface area contributed by atoms with Crippen molar-refractivity contribution in [2.24, 2.45) is 5.73 Å². The lowest BCUT2D eigenvalue weighted by atomic mass is 9.81. The number of hydrogen-bond acceptors (Lipinski definition) is 2. The molecule has 1 aliphatic rings. The number of nitrogens with one attached hydrogen (secondary N) is 1. The summed E-state index contributed by atoms with van der Waals surface area (Å²) >= 11 is 5.79. The average Bonchev–Trinajstić information content (AvgIpc) is 2.38. The SMILES string of the molecule is NCC1(Nc2cc(Cl)cc(C(F)(F)F)c2)CCCCC1. The highest BCUT2D eigenvalue weighted by Gasteiger charge is 2.33. The second-order valence-corrected chi connectivity index (χ2v) is 5.83. The molecule has 1 saturated carbocycles. The molecular weight excluding hydrogens is 289 g/mol. The fourth-order valence-corrected chi connectivity index (χ4v) is 2.98. The minimum atomic E-state index is -4.40. The van der Waals surface area contributed by atoms with Gasteiger partial charge < -0.3 is 11.1 Å². The number of alkyl halides is 3. The van der Waals surface area contributed by atoms with E-state index in [-0.39, 0.29) is 10.6 Å². The lowest BCUT2D eigenvalue weighted by molar-refractivity contribution is -0.137. The molecule has 112 valence electrons. The first-order chi connectivity index (χ1) is 9.35. The quantitative estimate of drug-likeness (QED) is 0.867. The van der Waals surface area contributed by atoms with Gasteiger partial charge in [-0.3, -0.25) is 0 Å². The summed E-state index contributed by atoms with van der Waals surface area (Å²) in [6, 6.07) is 3.55. The van der Waals surface area contributed by atoms with Crippen LogP contribution in [0, 0.1) is 0 Å². The van der Waals surface area contributed by atoms with Crippen molar-refractivity contribution < 1.29 is 13.2 Å². The monoisotopic (exact) mass is 306 g/mol. The molecule has 1 aromatic rings. The van der Waals surface area contributed by atoms with Gasteiger partial charge in [0.2, 0.25) is 0 Å². The van der Waals surface area contributed by atoms with Crippen LogP contribution in [0.5, 0.6) is 0 Å². The number of benzene rings is 1. The molecule has 1 aromatic carbocycles. The van der Waals surface area contributed by atoms with E-state index < -0.39 is 11.7 Å². The molecule has 0 bridgehead atoms. The van der Waals surface area contributed by atoms with Gasteiger partial charge in [-0.2, -0.15) is 13.2 Å². The molecular formula is C14H18ClF3N2. The van der Waals surface area contributed by atoms with Gasteiger partial charge in [0.25, 0.3) is 0 Å².